The van der Waals surface area contributed by atoms with Crippen molar-refractivity contribution in [3.8, 4) is 11.4 Å². The molecule has 0 bridgehead atoms. The van der Waals surface area contributed by atoms with E-state index in [0.717, 1.165) is 34.1 Å². The number of carbonyl (C=O) groups is 2. The number of aromatic nitrogens is 1. The van der Waals surface area contributed by atoms with Crippen LogP contribution in [0.15, 0.2) is 60.2 Å². The van der Waals surface area contributed by atoms with Crippen LogP contribution in [0.4, 0.5) is 18.9 Å². The number of carbonyl (C=O) groups excluding carboxylic acids is 2. The normalized spacial score (nSPS) is 15.5. The van der Waals surface area contributed by atoms with Gasteiger partial charge in [0.15, 0.2) is 5.11 Å². The van der Waals surface area contributed by atoms with Gasteiger partial charge >= 0.3 is 6.18 Å². The molecule has 0 atom stereocenters. The number of thiocarbonyl (C=S) groups is 1. The van der Waals surface area contributed by atoms with Crippen LogP contribution in [-0.2, 0) is 15.8 Å². The fraction of sp³-hybridized carbons (Fsp3) is 0.160. The summed E-state index contributed by atoms with van der Waals surface area (Å²) in [5, 5.41) is 2.11. The van der Waals surface area contributed by atoms with Gasteiger partial charge in [0.05, 0.1) is 18.4 Å². The molecule has 1 saturated heterocycles. The number of anilines is 1. The molecule has 3 aromatic rings. The van der Waals surface area contributed by atoms with Gasteiger partial charge in [-0.05, 0) is 86.2 Å². The number of nitrogens with zero attached hydrogens (tertiary/aromatic N) is 2. The van der Waals surface area contributed by atoms with Gasteiger partial charge in [0.1, 0.15) is 11.3 Å². The lowest BCUT2D eigenvalue weighted by Crippen LogP contribution is -2.54. The Morgan fingerprint density at radius 2 is 1.69 bits per heavy atom. The SMILES string of the molecule is COc1ccc(-n2c(C)cc(/C=C3\C(=O)NC(=S)N(c4cccc(C(F)(F)F)c4)C3=O)c2C)cc1. The summed E-state index contributed by atoms with van der Waals surface area (Å²) in [6.07, 6.45) is -3.18. The van der Waals surface area contributed by atoms with Gasteiger partial charge < -0.3 is 9.30 Å². The predicted octanol–water partition coefficient (Wildman–Crippen LogP) is 4.95. The van der Waals surface area contributed by atoms with Crippen LogP contribution < -0.4 is 15.0 Å². The van der Waals surface area contributed by atoms with Crippen LogP contribution in [0.25, 0.3) is 11.8 Å². The molecule has 0 aliphatic carbocycles. The van der Waals surface area contributed by atoms with Crippen molar-refractivity contribution in [1.82, 2.24) is 9.88 Å². The third kappa shape index (κ3) is 4.57. The highest BCUT2D eigenvalue weighted by molar-refractivity contribution is 7.80. The molecular formula is C25H20F3N3O3S. The molecule has 1 aliphatic heterocycles. The third-order valence-corrected chi connectivity index (χ3v) is 5.92. The Labute approximate surface area is 204 Å². The maximum absolute atomic E-state index is 13.3. The van der Waals surface area contributed by atoms with Gasteiger partial charge in [0, 0.05) is 17.1 Å². The zero-order valence-electron chi connectivity index (χ0n) is 18.9. The minimum absolute atomic E-state index is 0.0931. The highest BCUT2D eigenvalue weighted by Crippen LogP contribution is 2.33. The summed E-state index contributed by atoms with van der Waals surface area (Å²) in [5.74, 6) is -0.835. The molecule has 0 radical (unpaired) electrons. The predicted molar refractivity (Wildman–Crippen MR) is 129 cm³/mol. The maximum atomic E-state index is 13.3. The average molecular weight is 500 g/mol. The molecule has 10 heteroatoms. The van der Waals surface area contributed by atoms with Gasteiger partial charge in [-0.2, -0.15) is 13.2 Å². The molecule has 0 unspecified atom stereocenters. The molecule has 4 rings (SSSR count). The summed E-state index contributed by atoms with van der Waals surface area (Å²) in [6.45, 7) is 3.72. The van der Waals surface area contributed by atoms with E-state index in [0.29, 0.717) is 11.3 Å². The van der Waals surface area contributed by atoms with Gasteiger partial charge in [-0.1, -0.05) is 6.07 Å². The molecule has 1 aromatic heterocycles. The van der Waals surface area contributed by atoms with Crippen molar-refractivity contribution in [3.05, 3.63) is 82.7 Å². The van der Waals surface area contributed by atoms with Crippen LogP contribution in [0.2, 0.25) is 0 Å². The Morgan fingerprint density at radius 3 is 2.31 bits per heavy atom. The van der Waals surface area contributed by atoms with Gasteiger partial charge in [-0.15, -0.1) is 0 Å². The molecule has 1 fully saturated rings. The van der Waals surface area contributed by atoms with Crippen molar-refractivity contribution < 1.29 is 27.5 Å². The van der Waals surface area contributed by atoms with E-state index in [2.05, 4.69) is 5.32 Å². The zero-order valence-corrected chi connectivity index (χ0v) is 19.8. The second kappa shape index (κ2) is 9.03. The minimum atomic E-state index is -4.60. The Bertz CT molecular complexity index is 1370. The molecule has 35 heavy (non-hydrogen) atoms. The maximum Gasteiger partial charge on any atom is 0.416 e. The molecular weight excluding hydrogens is 479 g/mol. The number of hydrogen-bond donors (Lipinski definition) is 1. The van der Waals surface area contributed by atoms with Gasteiger partial charge in [-0.25, -0.2) is 0 Å². The van der Waals surface area contributed by atoms with Crippen LogP contribution in [-0.4, -0.2) is 28.6 Å². The molecule has 6 nitrogen and oxygen atoms in total. The topological polar surface area (TPSA) is 63.6 Å². The first-order valence-electron chi connectivity index (χ1n) is 10.4. The first-order valence-corrected chi connectivity index (χ1v) is 10.8. The Balaban J connectivity index is 1.74. The fourth-order valence-corrected chi connectivity index (χ4v) is 4.21. The number of aryl methyl sites for hydroxylation is 1. The number of halogens is 3. The van der Waals surface area contributed by atoms with Crippen LogP contribution in [0.5, 0.6) is 5.75 Å². The fourth-order valence-electron chi connectivity index (χ4n) is 3.93. The average Bonchev–Trinajstić information content (AvgIpc) is 3.09. The van der Waals surface area contributed by atoms with E-state index >= 15 is 0 Å². The highest BCUT2D eigenvalue weighted by atomic mass is 32.1. The Hall–Kier alpha value is -3.92. The number of rotatable bonds is 4. The van der Waals surface area contributed by atoms with E-state index in [4.69, 9.17) is 17.0 Å². The molecule has 2 aromatic carbocycles. The lowest BCUT2D eigenvalue weighted by atomic mass is 10.1. The first kappa shape index (κ1) is 24.2. The zero-order chi connectivity index (χ0) is 25.5. The van der Waals surface area contributed by atoms with Crippen LogP contribution in [0.1, 0.15) is 22.5 Å². The van der Waals surface area contributed by atoms with Crippen molar-refractivity contribution in [1.29, 1.82) is 0 Å². The number of methoxy groups -OCH3 is 1. The van der Waals surface area contributed by atoms with Crippen molar-refractivity contribution in [2.24, 2.45) is 0 Å². The first-order chi connectivity index (χ1) is 16.5. The van der Waals surface area contributed by atoms with Crippen molar-refractivity contribution in [2.45, 2.75) is 20.0 Å². The standard InChI is InChI=1S/C25H20F3N3O3S/c1-14-11-16(15(2)30(14)18-7-9-20(34-3)10-8-18)12-21-22(32)29-24(35)31(23(21)33)19-6-4-5-17(13-19)25(26,27)28/h4-13H,1-3H3,(H,29,32,35)/b21-12+. The molecule has 0 spiro atoms. The van der Waals surface area contributed by atoms with E-state index in [1.165, 1.54) is 18.2 Å². The van der Waals surface area contributed by atoms with Gasteiger partial charge in [0.2, 0.25) is 0 Å². The Morgan fingerprint density at radius 1 is 1.00 bits per heavy atom. The van der Waals surface area contributed by atoms with Gasteiger partial charge in [0.25, 0.3) is 11.8 Å². The second-order valence-electron chi connectivity index (χ2n) is 7.87. The van der Waals surface area contributed by atoms with E-state index in [9.17, 15) is 22.8 Å². The number of benzene rings is 2. The summed E-state index contributed by atoms with van der Waals surface area (Å²) < 4.78 is 46.7. The van der Waals surface area contributed by atoms with Crippen molar-refractivity contribution in [3.63, 3.8) is 0 Å². The van der Waals surface area contributed by atoms with E-state index in [-0.39, 0.29) is 16.4 Å². The van der Waals surface area contributed by atoms with E-state index in [1.807, 2.05) is 48.7 Å². The largest absolute Gasteiger partial charge is 0.497 e. The molecule has 0 saturated carbocycles. The van der Waals surface area contributed by atoms with Crippen molar-refractivity contribution >= 4 is 40.9 Å². The molecule has 2 heterocycles. The molecule has 1 aliphatic rings. The molecule has 180 valence electrons. The number of hydrogen-bond acceptors (Lipinski definition) is 4. The number of ether oxygens (including phenoxy) is 1. The summed E-state index contributed by atoms with van der Waals surface area (Å²) in [7, 11) is 1.58. The lowest BCUT2D eigenvalue weighted by Gasteiger charge is -2.29. The number of nitrogens with one attached hydrogen (secondary N) is 1. The Kier molecular flexibility index (Phi) is 6.25. The smallest absolute Gasteiger partial charge is 0.416 e. The van der Waals surface area contributed by atoms with Gasteiger partial charge in [-0.3, -0.25) is 19.8 Å². The number of amides is 2. The van der Waals surface area contributed by atoms with Crippen LogP contribution >= 0.6 is 12.2 Å². The quantitative estimate of drug-likeness (QED) is 0.313. The van der Waals surface area contributed by atoms with Crippen molar-refractivity contribution in [2.75, 3.05) is 12.0 Å². The monoisotopic (exact) mass is 499 g/mol. The van der Waals surface area contributed by atoms with E-state index in [1.54, 1.807) is 7.11 Å². The lowest BCUT2D eigenvalue weighted by molar-refractivity contribution is -0.137. The molecule has 2 amide bonds. The summed E-state index contributed by atoms with van der Waals surface area (Å²) in [6, 6.07) is 13.4. The summed E-state index contributed by atoms with van der Waals surface area (Å²) in [5.41, 5.74) is 1.81. The third-order valence-electron chi connectivity index (χ3n) is 5.63. The summed E-state index contributed by atoms with van der Waals surface area (Å²) >= 11 is 5.10. The highest BCUT2D eigenvalue weighted by Gasteiger charge is 2.36. The van der Waals surface area contributed by atoms with Crippen LogP contribution in [0, 0.1) is 13.8 Å². The second-order valence-corrected chi connectivity index (χ2v) is 8.25. The minimum Gasteiger partial charge on any atom is -0.497 e. The van der Waals surface area contributed by atoms with E-state index < -0.39 is 23.6 Å². The van der Waals surface area contributed by atoms with Crippen LogP contribution in [0.3, 0.4) is 0 Å². The molecule has 1 N–H and O–H groups in total. The number of alkyl halides is 3. The summed E-state index contributed by atoms with van der Waals surface area (Å²) in [4.78, 5) is 26.8.